The second kappa shape index (κ2) is 8.22. The van der Waals surface area contributed by atoms with E-state index in [0.717, 1.165) is 23.1 Å². The summed E-state index contributed by atoms with van der Waals surface area (Å²) in [5, 5.41) is 4.06. The Morgan fingerprint density at radius 2 is 2.33 bits per heavy atom. The van der Waals surface area contributed by atoms with Gasteiger partial charge in [-0.25, -0.2) is 0 Å². The van der Waals surface area contributed by atoms with Crippen molar-refractivity contribution in [1.82, 2.24) is 10.2 Å². The minimum atomic E-state index is 0.0788. The lowest BCUT2D eigenvalue weighted by atomic mass is 10.2. The van der Waals surface area contributed by atoms with Crippen molar-refractivity contribution in [1.29, 1.82) is 0 Å². The fraction of sp³-hybridized carbons (Fsp3) is 0.533. The number of ether oxygens (including phenoxy) is 2. The Balaban J connectivity index is 1.85. The molecule has 21 heavy (non-hydrogen) atoms. The van der Waals surface area contributed by atoms with Crippen LogP contribution in [0, 0.1) is 0 Å². The first-order chi connectivity index (χ1) is 10.2. The van der Waals surface area contributed by atoms with Gasteiger partial charge in [-0.3, -0.25) is 4.99 Å². The summed E-state index contributed by atoms with van der Waals surface area (Å²) >= 11 is 6.01. The summed E-state index contributed by atoms with van der Waals surface area (Å²) in [7, 11) is 3.77. The van der Waals surface area contributed by atoms with Gasteiger partial charge in [0, 0.05) is 32.2 Å². The average molecular weight is 312 g/mol. The highest BCUT2D eigenvalue weighted by Crippen LogP contribution is 2.12. The van der Waals surface area contributed by atoms with E-state index in [1.54, 1.807) is 7.05 Å². The fourth-order valence-corrected chi connectivity index (χ4v) is 2.44. The molecule has 1 aliphatic rings. The fourth-order valence-electron chi connectivity index (χ4n) is 2.23. The van der Waals surface area contributed by atoms with Crippen molar-refractivity contribution >= 4 is 17.6 Å². The normalized spacial score (nSPS) is 19.4. The number of benzene rings is 1. The minimum Gasteiger partial charge on any atom is -0.376 e. The van der Waals surface area contributed by atoms with Gasteiger partial charge in [0.2, 0.25) is 0 Å². The zero-order valence-electron chi connectivity index (χ0n) is 12.5. The van der Waals surface area contributed by atoms with E-state index in [2.05, 4.69) is 15.2 Å². The van der Waals surface area contributed by atoms with Gasteiger partial charge < -0.3 is 19.7 Å². The van der Waals surface area contributed by atoms with Crippen molar-refractivity contribution in [3.05, 3.63) is 34.9 Å². The summed E-state index contributed by atoms with van der Waals surface area (Å²) in [6, 6.07) is 7.84. The second-order valence-electron chi connectivity index (χ2n) is 4.98. The number of hydrogen-bond donors (Lipinski definition) is 1. The van der Waals surface area contributed by atoms with E-state index in [4.69, 9.17) is 21.1 Å². The smallest absolute Gasteiger partial charge is 0.193 e. The van der Waals surface area contributed by atoms with Gasteiger partial charge in [0.25, 0.3) is 0 Å². The van der Waals surface area contributed by atoms with Crippen LogP contribution in [0.1, 0.15) is 5.56 Å². The van der Waals surface area contributed by atoms with Gasteiger partial charge in [0.05, 0.1) is 25.9 Å². The number of nitrogens with one attached hydrogen (secondary N) is 1. The van der Waals surface area contributed by atoms with Crippen molar-refractivity contribution in [2.24, 2.45) is 4.99 Å². The first-order valence-corrected chi connectivity index (χ1v) is 7.42. The predicted molar refractivity (Wildman–Crippen MR) is 84.8 cm³/mol. The van der Waals surface area contributed by atoms with Crippen LogP contribution in [0.2, 0.25) is 5.02 Å². The van der Waals surface area contributed by atoms with Crippen LogP contribution in [-0.2, 0) is 16.0 Å². The molecule has 1 aromatic rings. The molecule has 5 nitrogen and oxygen atoms in total. The summed E-state index contributed by atoms with van der Waals surface area (Å²) in [5.74, 6) is 0.823. The van der Waals surface area contributed by atoms with Crippen molar-refractivity contribution in [3.63, 3.8) is 0 Å². The number of rotatable bonds is 4. The van der Waals surface area contributed by atoms with Crippen LogP contribution in [0.4, 0.5) is 0 Å². The summed E-state index contributed by atoms with van der Waals surface area (Å²) in [5.41, 5.74) is 1.14. The number of aliphatic imine (C=N–C) groups is 1. The molecule has 1 saturated heterocycles. The topological polar surface area (TPSA) is 46.1 Å². The highest BCUT2D eigenvalue weighted by Gasteiger charge is 2.15. The standard InChI is InChI=1S/C15H22ClN3O2/c1-17-15(18-9-14-11-20-6-7-21-14)19(2)10-12-4-3-5-13(16)8-12/h3-5,8,14H,6-7,9-11H2,1-2H3,(H,17,18). The molecule has 1 unspecified atom stereocenters. The van der Waals surface area contributed by atoms with E-state index in [9.17, 15) is 0 Å². The molecule has 0 amide bonds. The molecule has 1 N–H and O–H groups in total. The molecule has 6 heteroatoms. The maximum atomic E-state index is 6.01. The predicted octanol–water partition coefficient (Wildman–Crippen LogP) is 1.76. The van der Waals surface area contributed by atoms with Gasteiger partial charge in [-0.2, -0.15) is 0 Å². The largest absolute Gasteiger partial charge is 0.376 e. The quantitative estimate of drug-likeness (QED) is 0.680. The molecule has 0 radical (unpaired) electrons. The molecule has 1 atom stereocenters. The summed E-state index contributed by atoms with van der Waals surface area (Å²) < 4.78 is 11.0. The zero-order chi connectivity index (χ0) is 15.1. The van der Waals surface area contributed by atoms with E-state index in [0.29, 0.717) is 26.4 Å². The first kappa shape index (κ1) is 16.1. The van der Waals surface area contributed by atoms with Gasteiger partial charge in [0.15, 0.2) is 5.96 Å². The molecule has 1 aliphatic heterocycles. The van der Waals surface area contributed by atoms with E-state index >= 15 is 0 Å². The molecule has 2 rings (SSSR count). The van der Waals surface area contributed by atoms with Crippen LogP contribution in [0.5, 0.6) is 0 Å². The molecule has 0 aromatic heterocycles. The summed E-state index contributed by atoms with van der Waals surface area (Å²) in [4.78, 5) is 6.34. The van der Waals surface area contributed by atoms with E-state index in [-0.39, 0.29) is 6.10 Å². The lowest BCUT2D eigenvalue weighted by molar-refractivity contribution is -0.0851. The average Bonchev–Trinajstić information content (AvgIpc) is 2.49. The maximum absolute atomic E-state index is 6.01. The molecule has 1 heterocycles. The Morgan fingerprint density at radius 1 is 1.48 bits per heavy atom. The molecule has 1 fully saturated rings. The molecule has 0 spiro atoms. The molecule has 1 aromatic carbocycles. The molecular weight excluding hydrogens is 290 g/mol. The lowest BCUT2D eigenvalue weighted by Gasteiger charge is -2.27. The number of guanidine groups is 1. The first-order valence-electron chi connectivity index (χ1n) is 7.04. The van der Waals surface area contributed by atoms with Crippen molar-refractivity contribution in [2.75, 3.05) is 40.5 Å². The Bertz CT molecular complexity index is 476. The van der Waals surface area contributed by atoms with Crippen LogP contribution in [0.25, 0.3) is 0 Å². The van der Waals surface area contributed by atoms with Gasteiger partial charge in [-0.05, 0) is 17.7 Å². The molecule has 0 saturated carbocycles. The van der Waals surface area contributed by atoms with Crippen LogP contribution in [0.3, 0.4) is 0 Å². The Hall–Kier alpha value is -1.30. The van der Waals surface area contributed by atoms with Gasteiger partial charge in [-0.1, -0.05) is 23.7 Å². The second-order valence-corrected chi connectivity index (χ2v) is 5.42. The van der Waals surface area contributed by atoms with E-state index in [1.807, 2.05) is 31.3 Å². The number of hydrogen-bond acceptors (Lipinski definition) is 3. The van der Waals surface area contributed by atoms with Crippen molar-refractivity contribution in [2.45, 2.75) is 12.6 Å². The molecular formula is C15H22ClN3O2. The summed E-state index contributed by atoms with van der Waals surface area (Å²) in [6.45, 7) is 3.39. The minimum absolute atomic E-state index is 0.0788. The van der Waals surface area contributed by atoms with Crippen molar-refractivity contribution in [3.8, 4) is 0 Å². The van der Waals surface area contributed by atoms with Crippen molar-refractivity contribution < 1.29 is 9.47 Å². The Labute approximate surface area is 130 Å². The third-order valence-electron chi connectivity index (χ3n) is 3.25. The highest BCUT2D eigenvalue weighted by atomic mass is 35.5. The van der Waals surface area contributed by atoms with Crippen LogP contribution in [-0.4, -0.2) is 57.4 Å². The van der Waals surface area contributed by atoms with Crippen LogP contribution < -0.4 is 5.32 Å². The monoisotopic (exact) mass is 311 g/mol. The third kappa shape index (κ3) is 5.19. The number of halogens is 1. The van der Waals surface area contributed by atoms with Crippen LogP contribution in [0.15, 0.2) is 29.3 Å². The third-order valence-corrected chi connectivity index (χ3v) is 3.49. The van der Waals surface area contributed by atoms with Gasteiger partial charge in [0.1, 0.15) is 0 Å². The zero-order valence-corrected chi connectivity index (χ0v) is 13.3. The molecule has 116 valence electrons. The summed E-state index contributed by atoms with van der Waals surface area (Å²) in [6.07, 6.45) is 0.0788. The highest BCUT2D eigenvalue weighted by molar-refractivity contribution is 6.30. The molecule has 0 aliphatic carbocycles. The molecule has 0 bridgehead atoms. The lowest BCUT2D eigenvalue weighted by Crippen LogP contribution is -2.45. The number of nitrogens with zero attached hydrogens (tertiary/aromatic N) is 2. The SMILES string of the molecule is CN=C(NCC1COCCO1)N(C)Cc1cccc(Cl)c1. The van der Waals surface area contributed by atoms with Gasteiger partial charge >= 0.3 is 0 Å². The maximum Gasteiger partial charge on any atom is 0.193 e. The van der Waals surface area contributed by atoms with Crippen LogP contribution >= 0.6 is 11.6 Å². The van der Waals surface area contributed by atoms with E-state index < -0.39 is 0 Å². The Morgan fingerprint density at radius 3 is 3.00 bits per heavy atom. The van der Waals surface area contributed by atoms with E-state index in [1.165, 1.54) is 0 Å². The Kier molecular flexibility index (Phi) is 6.29. The van der Waals surface area contributed by atoms with Gasteiger partial charge in [-0.15, -0.1) is 0 Å².